The van der Waals surface area contributed by atoms with Gasteiger partial charge in [-0.05, 0) is 58.1 Å². The fourth-order valence-corrected chi connectivity index (χ4v) is 11.0. The van der Waals surface area contributed by atoms with Crippen LogP contribution in [-0.2, 0) is 72.8 Å². The molecule has 0 radical (unpaired) electrons. The van der Waals surface area contributed by atoms with Crippen LogP contribution in [0.1, 0.15) is 110 Å². The molecule has 6 aromatic carbocycles. The normalized spacial score (nSPS) is 17.8. The van der Waals surface area contributed by atoms with E-state index in [4.69, 9.17) is 44.6 Å². The van der Waals surface area contributed by atoms with Crippen molar-refractivity contribution >= 4 is 0 Å². The highest BCUT2D eigenvalue weighted by Crippen LogP contribution is 2.34. The Morgan fingerprint density at radius 3 is 0.880 bits per heavy atom. The minimum atomic E-state index is -0.707. The molecule has 2 aliphatic rings. The van der Waals surface area contributed by atoms with Gasteiger partial charge in [0.1, 0.15) is 36.6 Å². The molecular weight excluding hydrogens is 933 g/mol. The number of ether oxygens (including phenoxy) is 7. The van der Waals surface area contributed by atoms with Crippen LogP contribution in [0, 0.1) is 11.8 Å². The Morgan fingerprint density at radius 2 is 0.587 bits per heavy atom. The molecule has 0 aliphatic heterocycles. The standard InChI is InChI=1S/C66H84N2O7/c67-59(41-51-25-9-1-10-26-51)63(65(73-47-57-37-21-7-22-38-57)61(71-45-55-33-17-5-18-34-55)49-69-43-53-29-13-3-14-30-53)75-64(60(68)42-52-27-11-2-12-28-52)66(74-48-58-39-23-8-24-40-58)62(72-46-56-35-19-6-20-36-56)50-70-44-54-31-15-4-16-32-54/h3-8,13-24,29-40,51-52,59-66H,1-2,9-12,25-28,41-50,67-68H2/t59-,60-,61+,62+,63+,64+,65-,66-/m0/s1. The minimum Gasteiger partial charge on any atom is -0.374 e. The van der Waals surface area contributed by atoms with Crippen molar-refractivity contribution in [3.05, 3.63) is 215 Å². The van der Waals surface area contributed by atoms with Crippen molar-refractivity contribution in [2.24, 2.45) is 23.3 Å². The maximum Gasteiger partial charge on any atom is 0.114 e. The highest BCUT2D eigenvalue weighted by Gasteiger charge is 2.45. The summed E-state index contributed by atoms with van der Waals surface area (Å²) in [6.07, 6.45) is 9.33. The summed E-state index contributed by atoms with van der Waals surface area (Å²) in [6.45, 7) is 2.60. The Balaban J connectivity index is 1.22. The van der Waals surface area contributed by atoms with Gasteiger partial charge >= 0.3 is 0 Å². The highest BCUT2D eigenvalue weighted by molar-refractivity contribution is 5.18. The average Bonchev–Trinajstić information content (AvgIpc) is 3.46. The molecule has 9 nitrogen and oxygen atoms in total. The zero-order valence-electron chi connectivity index (χ0n) is 44.2. The molecule has 6 aromatic rings. The first kappa shape index (κ1) is 56.2. The molecule has 0 amide bonds. The second-order valence-electron chi connectivity index (χ2n) is 21.1. The smallest absolute Gasteiger partial charge is 0.114 e. The van der Waals surface area contributed by atoms with E-state index in [-0.39, 0.29) is 13.2 Å². The number of hydrogen-bond donors (Lipinski definition) is 2. The molecule has 4 N–H and O–H groups in total. The monoisotopic (exact) mass is 1020 g/mol. The Kier molecular flexibility index (Phi) is 23.9. The minimum absolute atomic E-state index is 0.236. The first-order valence-electron chi connectivity index (χ1n) is 28.1. The van der Waals surface area contributed by atoms with Gasteiger partial charge < -0.3 is 44.6 Å². The van der Waals surface area contributed by atoms with Crippen molar-refractivity contribution in [3.63, 3.8) is 0 Å². The summed E-state index contributed by atoms with van der Waals surface area (Å²) < 4.78 is 50.2. The van der Waals surface area contributed by atoms with E-state index < -0.39 is 48.7 Å². The summed E-state index contributed by atoms with van der Waals surface area (Å²) in [5.41, 5.74) is 21.9. The van der Waals surface area contributed by atoms with E-state index in [1.54, 1.807) is 0 Å². The molecule has 75 heavy (non-hydrogen) atoms. The molecule has 400 valence electrons. The van der Waals surface area contributed by atoms with Crippen molar-refractivity contribution in [3.8, 4) is 0 Å². The van der Waals surface area contributed by atoms with Gasteiger partial charge in [0.15, 0.2) is 0 Å². The van der Waals surface area contributed by atoms with Gasteiger partial charge in [-0.2, -0.15) is 0 Å². The lowest BCUT2D eigenvalue weighted by Crippen LogP contribution is -2.60. The number of rotatable bonds is 32. The molecule has 8 atom stereocenters. The summed E-state index contributed by atoms with van der Waals surface area (Å²) in [5.74, 6) is 0.890. The molecule has 2 saturated carbocycles. The SMILES string of the molecule is N[C@@H](CC1CCCCC1)[C@@H](O[C@@H]([C@@H](OCc1ccccc1)[C@@H](COCc1ccccc1)OCc1ccccc1)[C@@H](N)CC1CCCCC1)[C@@H](OCc1ccccc1)[C@@H](COCc1ccccc1)OCc1ccccc1. The van der Waals surface area contributed by atoms with Crippen LogP contribution in [-0.4, -0.2) is 61.9 Å². The molecule has 8 rings (SSSR count). The zero-order chi connectivity index (χ0) is 51.5. The lowest BCUT2D eigenvalue weighted by molar-refractivity contribution is -0.221. The van der Waals surface area contributed by atoms with E-state index in [0.29, 0.717) is 51.5 Å². The second kappa shape index (κ2) is 31.9. The Bertz CT molecular complexity index is 2200. The van der Waals surface area contributed by atoms with Crippen LogP contribution in [0.25, 0.3) is 0 Å². The molecule has 9 heteroatoms. The lowest BCUT2D eigenvalue weighted by atomic mass is 9.82. The van der Waals surface area contributed by atoms with Gasteiger partial charge in [-0.1, -0.05) is 246 Å². The fourth-order valence-electron chi connectivity index (χ4n) is 11.0. The summed E-state index contributed by atoms with van der Waals surface area (Å²) >= 11 is 0. The van der Waals surface area contributed by atoms with Crippen LogP contribution >= 0.6 is 0 Å². The van der Waals surface area contributed by atoms with E-state index in [9.17, 15) is 0 Å². The van der Waals surface area contributed by atoms with Crippen LogP contribution in [0.3, 0.4) is 0 Å². The van der Waals surface area contributed by atoms with Crippen LogP contribution < -0.4 is 11.5 Å². The molecule has 0 saturated heterocycles. The molecule has 0 heterocycles. The van der Waals surface area contributed by atoms with Crippen molar-refractivity contribution in [1.82, 2.24) is 0 Å². The molecule has 0 aromatic heterocycles. The zero-order valence-corrected chi connectivity index (χ0v) is 44.2. The van der Waals surface area contributed by atoms with E-state index in [2.05, 4.69) is 72.8 Å². The highest BCUT2D eigenvalue weighted by atomic mass is 16.6. The largest absolute Gasteiger partial charge is 0.374 e. The topological polar surface area (TPSA) is 117 Å². The van der Waals surface area contributed by atoms with E-state index >= 15 is 0 Å². The van der Waals surface area contributed by atoms with Gasteiger partial charge in [0.2, 0.25) is 0 Å². The molecule has 0 bridgehead atoms. The predicted molar refractivity (Wildman–Crippen MR) is 299 cm³/mol. The summed E-state index contributed by atoms with van der Waals surface area (Å²) in [5, 5.41) is 0. The van der Waals surface area contributed by atoms with Gasteiger partial charge in [-0.3, -0.25) is 0 Å². The van der Waals surface area contributed by atoms with Crippen molar-refractivity contribution in [1.29, 1.82) is 0 Å². The first-order chi connectivity index (χ1) is 37.0. The van der Waals surface area contributed by atoms with Gasteiger partial charge in [-0.25, -0.2) is 0 Å². The maximum atomic E-state index is 7.98. The molecule has 2 fully saturated rings. The summed E-state index contributed by atoms with van der Waals surface area (Å²) in [6, 6.07) is 60.9. The third kappa shape index (κ3) is 19.2. The number of hydrogen-bond acceptors (Lipinski definition) is 9. The van der Waals surface area contributed by atoms with Gasteiger partial charge in [0, 0.05) is 12.1 Å². The first-order valence-corrected chi connectivity index (χ1v) is 28.1. The van der Waals surface area contributed by atoms with Crippen molar-refractivity contribution in [2.45, 2.75) is 165 Å². The second-order valence-corrected chi connectivity index (χ2v) is 21.1. The fraction of sp³-hybridized carbons (Fsp3) is 0.455. The van der Waals surface area contributed by atoms with Crippen molar-refractivity contribution in [2.75, 3.05) is 13.2 Å². The Morgan fingerprint density at radius 1 is 0.320 bits per heavy atom. The van der Waals surface area contributed by atoms with Gasteiger partial charge in [-0.15, -0.1) is 0 Å². The third-order valence-corrected chi connectivity index (χ3v) is 15.2. The van der Waals surface area contributed by atoms with Crippen LogP contribution in [0.15, 0.2) is 182 Å². The Labute approximate surface area is 448 Å². The van der Waals surface area contributed by atoms with Crippen LogP contribution in [0.4, 0.5) is 0 Å². The molecule has 0 spiro atoms. The molecule has 2 aliphatic carbocycles. The summed E-state index contributed by atoms with van der Waals surface area (Å²) in [7, 11) is 0. The maximum absolute atomic E-state index is 7.98. The van der Waals surface area contributed by atoms with Crippen LogP contribution in [0.2, 0.25) is 0 Å². The van der Waals surface area contributed by atoms with Gasteiger partial charge in [0.05, 0.1) is 52.9 Å². The molecule has 0 unspecified atom stereocenters. The van der Waals surface area contributed by atoms with Gasteiger partial charge in [0.25, 0.3) is 0 Å². The van der Waals surface area contributed by atoms with Crippen LogP contribution in [0.5, 0.6) is 0 Å². The van der Waals surface area contributed by atoms with Crippen molar-refractivity contribution < 1.29 is 33.2 Å². The third-order valence-electron chi connectivity index (χ3n) is 15.2. The van der Waals surface area contributed by atoms with E-state index in [0.717, 1.165) is 71.9 Å². The quantitative estimate of drug-likeness (QED) is 0.0426. The number of nitrogens with two attached hydrogens (primary N) is 2. The summed E-state index contributed by atoms with van der Waals surface area (Å²) in [4.78, 5) is 0. The van der Waals surface area contributed by atoms with E-state index in [1.165, 1.54) is 38.5 Å². The predicted octanol–water partition coefficient (Wildman–Crippen LogP) is 13.1. The lowest BCUT2D eigenvalue weighted by Gasteiger charge is -2.44. The average molecular weight is 1020 g/mol. The molecular formula is C66H84N2O7. The van der Waals surface area contributed by atoms with E-state index in [1.807, 2.05) is 109 Å². The Hall–Kier alpha value is -5.04. The number of benzene rings is 6.